The van der Waals surface area contributed by atoms with E-state index in [-0.39, 0.29) is 29.9 Å². The summed E-state index contributed by atoms with van der Waals surface area (Å²) >= 11 is 0. The van der Waals surface area contributed by atoms with Gasteiger partial charge in [-0.05, 0) is 53.4 Å². The van der Waals surface area contributed by atoms with E-state index in [0.29, 0.717) is 24.7 Å². The van der Waals surface area contributed by atoms with Crippen LogP contribution in [-0.2, 0) is 16.1 Å². The van der Waals surface area contributed by atoms with E-state index in [1.54, 1.807) is 29.2 Å². The highest BCUT2D eigenvalue weighted by Crippen LogP contribution is 2.28. The third-order valence-corrected chi connectivity index (χ3v) is 5.74. The van der Waals surface area contributed by atoms with Crippen LogP contribution in [0.5, 0.6) is 0 Å². The summed E-state index contributed by atoms with van der Waals surface area (Å²) in [6, 6.07) is 18.4. The van der Waals surface area contributed by atoms with Crippen molar-refractivity contribution in [1.82, 2.24) is 5.32 Å². The second kappa shape index (κ2) is 9.73. The Kier molecular flexibility index (Phi) is 6.58. The fraction of sp³-hybridized carbons (Fsp3) is 0.269. The average molecular weight is 446 g/mol. The predicted molar refractivity (Wildman–Crippen MR) is 126 cm³/mol. The number of carbonyl (C=O) groups excluding carboxylic acids is 3. The maximum atomic E-state index is 12.8. The molecule has 4 rings (SSSR count). The van der Waals surface area contributed by atoms with Crippen LogP contribution >= 0.6 is 0 Å². The molecule has 0 bridgehead atoms. The van der Waals surface area contributed by atoms with E-state index in [1.807, 2.05) is 36.4 Å². The van der Waals surface area contributed by atoms with Crippen molar-refractivity contribution in [3.8, 4) is 0 Å². The van der Waals surface area contributed by atoms with Crippen LogP contribution in [0.2, 0.25) is 0 Å². The van der Waals surface area contributed by atoms with Gasteiger partial charge in [0.15, 0.2) is 5.76 Å². The van der Waals surface area contributed by atoms with Gasteiger partial charge in [-0.25, -0.2) is 0 Å². The first-order valence-corrected chi connectivity index (χ1v) is 11.0. The van der Waals surface area contributed by atoms with Crippen molar-refractivity contribution in [3.63, 3.8) is 0 Å². The maximum absolute atomic E-state index is 12.8. The summed E-state index contributed by atoms with van der Waals surface area (Å²) in [7, 11) is 0. The van der Waals surface area contributed by atoms with E-state index in [1.165, 1.54) is 6.26 Å². The van der Waals surface area contributed by atoms with Gasteiger partial charge in [0.05, 0.1) is 12.2 Å². The summed E-state index contributed by atoms with van der Waals surface area (Å²) in [4.78, 5) is 39.2. The first-order valence-electron chi connectivity index (χ1n) is 11.0. The number of rotatable bonds is 7. The van der Waals surface area contributed by atoms with Crippen LogP contribution in [0.4, 0.5) is 11.4 Å². The SMILES string of the molecule is CC(C)c1cccc(N2CC(C(=O)NCc3cccc(NC(=O)c4ccco4)c3)CC2=O)c1. The Labute approximate surface area is 192 Å². The Morgan fingerprint density at radius 1 is 1.09 bits per heavy atom. The number of benzene rings is 2. The molecular formula is C26H27N3O4. The quantitative estimate of drug-likeness (QED) is 0.566. The molecule has 7 nitrogen and oxygen atoms in total. The lowest BCUT2D eigenvalue weighted by molar-refractivity contribution is -0.126. The maximum Gasteiger partial charge on any atom is 0.291 e. The molecule has 1 aliphatic rings. The summed E-state index contributed by atoms with van der Waals surface area (Å²) in [5.74, 6) is -0.353. The summed E-state index contributed by atoms with van der Waals surface area (Å²) < 4.78 is 5.10. The molecule has 0 saturated carbocycles. The highest BCUT2D eigenvalue weighted by Gasteiger charge is 2.35. The van der Waals surface area contributed by atoms with E-state index < -0.39 is 5.92 Å². The van der Waals surface area contributed by atoms with E-state index in [2.05, 4.69) is 24.5 Å². The number of furan rings is 1. The predicted octanol–water partition coefficient (Wildman–Crippen LogP) is 4.32. The lowest BCUT2D eigenvalue weighted by Crippen LogP contribution is -2.32. The van der Waals surface area contributed by atoms with Gasteiger partial charge < -0.3 is 20.0 Å². The second-order valence-corrected chi connectivity index (χ2v) is 8.50. The monoisotopic (exact) mass is 445 g/mol. The standard InChI is InChI=1S/C26H27N3O4/c1-17(2)19-7-4-9-22(13-19)29-16-20(14-24(29)30)25(31)27-15-18-6-3-8-21(12-18)28-26(32)23-10-5-11-33-23/h3-13,17,20H,14-16H2,1-2H3,(H,27,31)(H,28,32). The highest BCUT2D eigenvalue weighted by molar-refractivity contribution is 6.02. The van der Waals surface area contributed by atoms with Gasteiger partial charge in [-0.3, -0.25) is 14.4 Å². The Morgan fingerprint density at radius 2 is 1.91 bits per heavy atom. The molecule has 1 aromatic heterocycles. The Balaban J connectivity index is 1.34. The molecule has 3 amide bonds. The summed E-state index contributed by atoms with van der Waals surface area (Å²) in [6.45, 7) is 4.89. The first kappa shape index (κ1) is 22.3. The van der Waals surface area contributed by atoms with Crippen molar-refractivity contribution in [3.05, 3.63) is 83.8 Å². The molecule has 1 atom stereocenters. The van der Waals surface area contributed by atoms with Crippen molar-refractivity contribution in [2.24, 2.45) is 5.92 Å². The molecule has 0 spiro atoms. The molecule has 2 heterocycles. The van der Waals surface area contributed by atoms with Crippen LogP contribution in [0.3, 0.4) is 0 Å². The molecule has 0 aliphatic carbocycles. The van der Waals surface area contributed by atoms with Crippen molar-refractivity contribution < 1.29 is 18.8 Å². The average Bonchev–Trinajstić information content (AvgIpc) is 3.48. The summed E-state index contributed by atoms with van der Waals surface area (Å²) in [5, 5.41) is 5.69. The normalized spacial score (nSPS) is 15.7. The molecular weight excluding hydrogens is 418 g/mol. The molecule has 33 heavy (non-hydrogen) atoms. The van der Waals surface area contributed by atoms with Crippen molar-refractivity contribution >= 4 is 29.1 Å². The Bertz CT molecular complexity index is 1150. The minimum atomic E-state index is -0.401. The summed E-state index contributed by atoms with van der Waals surface area (Å²) in [6.07, 6.45) is 1.63. The largest absolute Gasteiger partial charge is 0.459 e. The van der Waals surface area contributed by atoms with Crippen molar-refractivity contribution in [2.75, 3.05) is 16.8 Å². The van der Waals surface area contributed by atoms with Gasteiger partial charge in [-0.1, -0.05) is 38.1 Å². The Hall–Kier alpha value is -3.87. The minimum absolute atomic E-state index is 0.0429. The number of anilines is 2. The molecule has 170 valence electrons. The number of nitrogens with zero attached hydrogens (tertiary/aromatic N) is 1. The zero-order valence-corrected chi connectivity index (χ0v) is 18.7. The molecule has 1 aliphatic heterocycles. The van der Waals surface area contributed by atoms with Gasteiger partial charge in [0.25, 0.3) is 5.91 Å². The van der Waals surface area contributed by atoms with Crippen LogP contribution in [0.15, 0.2) is 71.3 Å². The number of nitrogens with one attached hydrogen (secondary N) is 2. The van der Waals surface area contributed by atoms with Crippen molar-refractivity contribution in [1.29, 1.82) is 0 Å². The third kappa shape index (κ3) is 5.31. The molecule has 0 radical (unpaired) electrons. The lowest BCUT2D eigenvalue weighted by atomic mass is 10.0. The molecule has 2 N–H and O–H groups in total. The van der Waals surface area contributed by atoms with E-state index >= 15 is 0 Å². The number of carbonyl (C=O) groups is 3. The smallest absolute Gasteiger partial charge is 0.291 e. The second-order valence-electron chi connectivity index (χ2n) is 8.50. The highest BCUT2D eigenvalue weighted by atomic mass is 16.3. The lowest BCUT2D eigenvalue weighted by Gasteiger charge is -2.18. The summed E-state index contributed by atoms with van der Waals surface area (Å²) in [5.41, 5.74) is 3.44. The van der Waals surface area contributed by atoms with Crippen LogP contribution < -0.4 is 15.5 Å². The van der Waals surface area contributed by atoms with Crippen LogP contribution in [0.1, 0.15) is 47.9 Å². The molecule has 1 saturated heterocycles. The molecule has 1 fully saturated rings. The van der Waals surface area contributed by atoms with E-state index in [9.17, 15) is 14.4 Å². The van der Waals surface area contributed by atoms with Crippen molar-refractivity contribution in [2.45, 2.75) is 32.7 Å². The topological polar surface area (TPSA) is 91.7 Å². The fourth-order valence-electron chi connectivity index (χ4n) is 3.88. The van der Waals surface area contributed by atoms with Gasteiger partial charge in [0, 0.05) is 30.9 Å². The molecule has 2 aromatic carbocycles. The molecule has 1 unspecified atom stereocenters. The fourth-order valence-corrected chi connectivity index (χ4v) is 3.88. The zero-order chi connectivity index (χ0) is 23.4. The van der Waals surface area contributed by atoms with Gasteiger partial charge in [-0.2, -0.15) is 0 Å². The first-order chi connectivity index (χ1) is 15.9. The van der Waals surface area contributed by atoms with Crippen LogP contribution in [-0.4, -0.2) is 24.3 Å². The minimum Gasteiger partial charge on any atom is -0.459 e. The zero-order valence-electron chi connectivity index (χ0n) is 18.7. The van der Waals surface area contributed by atoms with Crippen LogP contribution in [0, 0.1) is 5.92 Å². The van der Waals surface area contributed by atoms with E-state index in [0.717, 1.165) is 16.8 Å². The van der Waals surface area contributed by atoms with Crippen LogP contribution in [0.25, 0.3) is 0 Å². The molecule has 7 heteroatoms. The van der Waals surface area contributed by atoms with Gasteiger partial charge in [0.2, 0.25) is 11.8 Å². The number of hydrogen-bond donors (Lipinski definition) is 2. The molecule has 3 aromatic rings. The Morgan fingerprint density at radius 3 is 2.67 bits per heavy atom. The van der Waals surface area contributed by atoms with Gasteiger partial charge >= 0.3 is 0 Å². The third-order valence-electron chi connectivity index (χ3n) is 5.74. The van der Waals surface area contributed by atoms with Gasteiger partial charge in [-0.15, -0.1) is 0 Å². The van der Waals surface area contributed by atoms with E-state index in [4.69, 9.17) is 4.42 Å². The van der Waals surface area contributed by atoms with Gasteiger partial charge in [0.1, 0.15) is 0 Å². The number of amides is 3. The number of hydrogen-bond acceptors (Lipinski definition) is 4.